The van der Waals surface area contributed by atoms with Crippen LogP contribution in [0.15, 0.2) is 66.9 Å². The molecular formula is C21H17F3N2O2. The number of rotatable bonds is 5. The molecule has 0 aliphatic carbocycles. The summed E-state index contributed by atoms with van der Waals surface area (Å²) in [4.78, 5) is 24.8. The Hall–Kier alpha value is -3.35. The monoisotopic (exact) mass is 386 g/mol. The minimum atomic E-state index is -4.53. The number of aromatic nitrogens is 1. The summed E-state index contributed by atoms with van der Waals surface area (Å²) >= 11 is 0. The smallest absolute Gasteiger partial charge is 0.340 e. The van der Waals surface area contributed by atoms with Crippen molar-refractivity contribution in [2.45, 2.75) is 19.6 Å². The molecule has 28 heavy (non-hydrogen) atoms. The molecular weight excluding hydrogens is 369 g/mol. The van der Waals surface area contributed by atoms with Gasteiger partial charge in [0.25, 0.3) is 11.7 Å². The third-order valence-electron chi connectivity index (χ3n) is 4.19. The van der Waals surface area contributed by atoms with E-state index in [4.69, 9.17) is 0 Å². The maximum atomic E-state index is 12.8. The summed E-state index contributed by atoms with van der Waals surface area (Å²) in [5.74, 6) is -1.82. The van der Waals surface area contributed by atoms with Gasteiger partial charge in [-0.3, -0.25) is 9.59 Å². The van der Waals surface area contributed by atoms with Gasteiger partial charge < -0.3 is 9.88 Å². The van der Waals surface area contributed by atoms with E-state index in [0.717, 1.165) is 23.3 Å². The van der Waals surface area contributed by atoms with Gasteiger partial charge in [-0.2, -0.15) is 13.2 Å². The minimum Gasteiger partial charge on any atom is -0.340 e. The molecule has 1 heterocycles. The molecule has 0 saturated carbocycles. The summed E-state index contributed by atoms with van der Waals surface area (Å²) in [5.41, 5.74) is 1.22. The molecule has 0 aliphatic heterocycles. The maximum Gasteiger partial charge on any atom is 0.416 e. The lowest BCUT2D eigenvalue weighted by Crippen LogP contribution is -2.25. The van der Waals surface area contributed by atoms with Crippen molar-refractivity contribution in [1.29, 1.82) is 0 Å². The molecule has 0 unspecified atom stereocenters. The normalized spacial score (nSPS) is 11.3. The van der Waals surface area contributed by atoms with E-state index >= 15 is 0 Å². The molecule has 0 atom stereocenters. The van der Waals surface area contributed by atoms with E-state index in [1.807, 2.05) is 31.2 Å². The van der Waals surface area contributed by atoms with E-state index in [0.29, 0.717) is 6.54 Å². The number of anilines is 1. The molecule has 0 fully saturated rings. The fraction of sp³-hybridized carbons (Fsp3) is 0.143. The van der Waals surface area contributed by atoms with E-state index in [-0.39, 0.29) is 11.4 Å². The highest BCUT2D eigenvalue weighted by Crippen LogP contribution is 2.30. The molecule has 0 bridgehead atoms. The van der Waals surface area contributed by atoms with E-state index in [1.54, 1.807) is 16.8 Å². The van der Waals surface area contributed by atoms with Gasteiger partial charge in [-0.25, -0.2) is 0 Å². The minimum absolute atomic E-state index is 0.0928. The Morgan fingerprint density at radius 1 is 1.00 bits per heavy atom. The highest BCUT2D eigenvalue weighted by Gasteiger charge is 2.30. The first-order chi connectivity index (χ1) is 13.2. The van der Waals surface area contributed by atoms with Crippen LogP contribution in [-0.2, 0) is 17.5 Å². The zero-order chi connectivity index (χ0) is 20.3. The number of hydrogen-bond donors (Lipinski definition) is 1. The third-order valence-corrected chi connectivity index (χ3v) is 4.19. The Bertz CT molecular complexity index is 1000. The highest BCUT2D eigenvalue weighted by molar-refractivity contribution is 6.46. The molecule has 0 aliphatic rings. The number of nitrogens with zero attached hydrogens (tertiary/aromatic N) is 1. The molecule has 1 N–H and O–H groups in total. The van der Waals surface area contributed by atoms with Crippen LogP contribution in [0.2, 0.25) is 0 Å². The SMILES string of the molecule is Cc1ccc(Cn2cccc2C(=O)C(=O)Nc2cccc(C(F)(F)F)c2)cc1. The average Bonchev–Trinajstić information content (AvgIpc) is 3.10. The predicted molar refractivity (Wildman–Crippen MR) is 99.1 cm³/mol. The first kappa shape index (κ1) is 19.4. The number of carbonyl (C=O) groups excluding carboxylic acids is 2. The second-order valence-corrected chi connectivity index (χ2v) is 6.37. The van der Waals surface area contributed by atoms with Crippen LogP contribution in [0, 0.1) is 6.92 Å². The molecule has 0 radical (unpaired) electrons. The van der Waals surface area contributed by atoms with Crippen LogP contribution in [0.3, 0.4) is 0 Å². The lowest BCUT2D eigenvalue weighted by molar-refractivity contribution is -0.137. The van der Waals surface area contributed by atoms with Crippen LogP contribution in [0.4, 0.5) is 18.9 Å². The standard InChI is InChI=1S/C21H17F3N2O2/c1-14-7-9-15(10-8-14)13-26-11-3-6-18(26)19(27)20(28)25-17-5-2-4-16(12-17)21(22,23)24/h2-12H,13H2,1H3,(H,25,28). The molecule has 0 spiro atoms. The number of aryl methyl sites for hydroxylation is 1. The Morgan fingerprint density at radius 3 is 2.39 bits per heavy atom. The Morgan fingerprint density at radius 2 is 1.71 bits per heavy atom. The molecule has 2 aromatic carbocycles. The van der Waals surface area contributed by atoms with Crippen LogP contribution in [0.25, 0.3) is 0 Å². The van der Waals surface area contributed by atoms with Crippen molar-refractivity contribution in [2.24, 2.45) is 0 Å². The van der Waals surface area contributed by atoms with Gasteiger partial charge >= 0.3 is 6.18 Å². The van der Waals surface area contributed by atoms with Gasteiger partial charge in [0.05, 0.1) is 11.3 Å². The largest absolute Gasteiger partial charge is 0.416 e. The number of benzene rings is 2. The summed E-state index contributed by atoms with van der Waals surface area (Å²) in [5, 5.41) is 2.24. The molecule has 7 heteroatoms. The highest BCUT2D eigenvalue weighted by atomic mass is 19.4. The van der Waals surface area contributed by atoms with E-state index in [2.05, 4.69) is 5.32 Å². The van der Waals surface area contributed by atoms with Crippen molar-refractivity contribution in [3.63, 3.8) is 0 Å². The molecule has 1 aromatic heterocycles. The number of amides is 1. The van der Waals surface area contributed by atoms with Crippen molar-refractivity contribution >= 4 is 17.4 Å². The van der Waals surface area contributed by atoms with Crippen molar-refractivity contribution in [1.82, 2.24) is 4.57 Å². The molecule has 3 aromatic rings. The first-order valence-electron chi connectivity index (χ1n) is 8.47. The number of ketones is 1. The van der Waals surface area contributed by atoms with Gasteiger partial charge in [0.15, 0.2) is 0 Å². The number of nitrogens with one attached hydrogen (secondary N) is 1. The number of hydrogen-bond acceptors (Lipinski definition) is 2. The number of carbonyl (C=O) groups is 2. The van der Waals surface area contributed by atoms with E-state index in [9.17, 15) is 22.8 Å². The second kappa shape index (κ2) is 7.72. The van der Waals surface area contributed by atoms with Crippen LogP contribution >= 0.6 is 0 Å². The Kier molecular flexibility index (Phi) is 5.35. The molecule has 3 rings (SSSR count). The van der Waals surface area contributed by atoms with E-state index in [1.165, 1.54) is 18.2 Å². The fourth-order valence-electron chi connectivity index (χ4n) is 2.73. The summed E-state index contributed by atoms with van der Waals surface area (Å²) in [6, 6.07) is 15.0. The van der Waals surface area contributed by atoms with Crippen LogP contribution in [0.5, 0.6) is 0 Å². The quantitative estimate of drug-likeness (QED) is 0.511. The first-order valence-corrected chi connectivity index (χ1v) is 8.47. The van der Waals surface area contributed by atoms with Crippen molar-refractivity contribution in [3.05, 3.63) is 89.2 Å². The zero-order valence-corrected chi connectivity index (χ0v) is 15.0. The molecule has 4 nitrogen and oxygen atoms in total. The summed E-state index contributed by atoms with van der Waals surface area (Å²) in [6.07, 6.45) is -2.86. The van der Waals surface area contributed by atoms with Crippen LogP contribution < -0.4 is 5.32 Å². The van der Waals surface area contributed by atoms with Crippen LogP contribution in [0.1, 0.15) is 27.2 Å². The van der Waals surface area contributed by atoms with Gasteiger partial charge in [0, 0.05) is 18.4 Å². The van der Waals surface area contributed by atoms with Crippen LogP contribution in [-0.4, -0.2) is 16.3 Å². The fourth-order valence-corrected chi connectivity index (χ4v) is 2.73. The predicted octanol–water partition coefficient (Wildman–Crippen LogP) is 4.69. The summed E-state index contributed by atoms with van der Waals surface area (Å²) in [7, 11) is 0. The maximum absolute atomic E-state index is 12.8. The molecule has 144 valence electrons. The third kappa shape index (κ3) is 4.49. The van der Waals surface area contributed by atoms with Gasteiger partial charge in [0.1, 0.15) is 0 Å². The number of alkyl halides is 3. The summed E-state index contributed by atoms with van der Waals surface area (Å²) < 4.78 is 40.0. The molecule has 0 saturated heterocycles. The van der Waals surface area contributed by atoms with Gasteiger partial charge in [-0.05, 0) is 42.8 Å². The van der Waals surface area contributed by atoms with Gasteiger partial charge in [-0.15, -0.1) is 0 Å². The zero-order valence-electron chi connectivity index (χ0n) is 15.0. The number of Topliss-reactive ketones (excluding diaryl/α,β-unsaturated/α-hetero) is 1. The van der Waals surface area contributed by atoms with Gasteiger partial charge in [-0.1, -0.05) is 35.9 Å². The average molecular weight is 386 g/mol. The Labute approximate surface area is 159 Å². The second-order valence-electron chi connectivity index (χ2n) is 6.37. The lowest BCUT2D eigenvalue weighted by Gasteiger charge is -2.11. The van der Waals surface area contributed by atoms with E-state index < -0.39 is 23.4 Å². The van der Waals surface area contributed by atoms with Gasteiger partial charge in [0.2, 0.25) is 0 Å². The topological polar surface area (TPSA) is 51.1 Å². The molecule has 1 amide bonds. The number of halogens is 3. The summed E-state index contributed by atoms with van der Waals surface area (Å²) in [6.45, 7) is 2.36. The van der Waals surface area contributed by atoms with Crippen molar-refractivity contribution in [3.8, 4) is 0 Å². The lowest BCUT2D eigenvalue weighted by atomic mass is 10.1. The van der Waals surface area contributed by atoms with Crippen molar-refractivity contribution < 1.29 is 22.8 Å². The van der Waals surface area contributed by atoms with Crippen molar-refractivity contribution in [2.75, 3.05) is 5.32 Å². The Balaban J connectivity index is 1.75.